The summed E-state index contributed by atoms with van der Waals surface area (Å²) in [7, 11) is 1.80. The molecule has 128 valence electrons. The van der Waals surface area contributed by atoms with Crippen LogP contribution in [-0.4, -0.2) is 44.8 Å². The van der Waals surface area contributed by atoms with E-state index in [0.717, 1.165) is 28.8 Å². The number of amides is 1. The number of ether oxygens (including phenoxy) is 1. The fourth-order valence-corrected chi connectivity index (χ4v) is 3.33. The summed E-state index contributed by atoms with van der Waals surface area (Å²) in [5.74, 6) is 0.777. The molecule has 3 aromatic rings. The van der Waals surface area contributed by atoms with Gasteiger partial charge in [-0.2, -0.15) is 5.10 Å². The minimum Gasteiger partial charge on any atom is -0.486 e. The third-order valence-electron chi connectivity index (χ3n) is 4.54. The monoisotopic (exact) mass is 336 g/mol. The van der Waals surface area contributed by atoms with Gasteiger partial charge < -0.3 is 9.64 Å². The maximum Gasteiger partial charge on any atom is 0.272 e. The first-order valence-corrected chi connectivity index (χ1v) is 8.42. The van der Waals surface area contributed by atoms with Crippen LogP contribution >= 0.6 is 0 Å². The van der Waals surface area contributed by atoms with Crippen molar-refractivity contribution in [2.75, 3.05) is 13.1 Å². The smallest absolute Gasteiger partial charge is 0.272 e. The van der Waals surface area contributed by atoms with Crippen LogP contribution in [0.3, 0.4) is 0 Å². The number of carbonyl (C=O) groups excluding carboxylic acids is 1. The molecule has 25 heavy (non-hydrogen) atoms. The number of likely N-dealkylation sites (tertiary alicyclic amines) is 1. The minimum absolute atomic E-state index is 0.00486. The van der Waals surface area contributed by atoms with Gasteiger partial charge in [-0.05, 0) is 25.1 Å². The second-order valence-corrected chi connectivity index (χ2v) is 6.41. The topological polar surface area (TPSA) is 60.3 Å². The first kappa shape index (κ1) is 15.6. The molecular weight excluding hydrogens is 316 g/mol. The van der Waals surface area contributed by atoms with Gasteiger partial charge in [0.25, 0.3) is 5.91 Å². The molecule has 2 aromatic heterocycles. The van der Waals surface area contributed by atoms with Gasteiger partial charge >= 0.3 is 0 Å². The molecule has 0 N–H and O–H groups in total. The predicted octanol–water partition coefficient (Wildman–Crippen LogP) is 2.57. The van der Waals surface area contributed by atoms with Crippen LogP contribution in [0.5, 0.6) is 5.75 Å². The van der Waals surface area contributed by atoms with Crippen LogP contribution in [0.1, 0.15) is 22.6 Å². The van der Waals surface area contributed by atoms with Gasteiger partial charge in [0, 0.05) is 31.6 Å². The lowest BCUT2D eigenvalue weighted by Crippen LogP contribution is -2.32. The van der Waals surface area contributed by atoms with Crippen LogP contribution in [0.15, 0.2) is 42.6 Å². The highest BCUT2D eigenvalue weighted by atomic mass is 16.5. The Kier molecular flexibility index (Phi) is 3.87. The molecule has 4 rings (SSSR count). The minimum atomic E-state index is -0.0223. The lowest BCUT2D eigenvalue weighted by Gasteiger charge is -2.17. The maximum atomic E-state index is 12.7. The van der Waals surface area contributed by atoms with Crippen molar-refractivity contribution in [3.63, 3.8) is 0 Å². The number of aryl methyl sites for hydroxylation is 2. The Hall–Kier alpha value is -2.89. The Morgan fingerprint density at radius 2 is 2.12 bits per heavy atom. The molecule has 1 atom stereocenters. The lowest BCUT2D eigenvalue weighted by atomic mass is 10.2. The number of fused-ring (bicyclic) bond motifs is 1. The summed E-state index contributed by atoms with van der Waals surface area (Å²) in [6, 6.07) is 11.7. The van der Waals surface area contributed by atoms with E-state index in [1.165, 1.54) is 0 Å². The van der Waals surface area contributed by atoms with Gasteiger partial charge in [-0.3, -0.25) is 14.5 Å². The highest BCUT2D eigenvalue weighted by molar-refractivity contribution is 5.93. The number of rotatable bonds is 3. The molecule has 1 aliphatic heterocycles. The number of nitrogens with zero attached hydrogens (tertiary/aromatic N) is 4. The average Bonchev–Trinajstić information content (AvgIpc) is 3.21. The Labute approximate surface area is 146 Å². The summed E-state index contributed by atoms with van der Waals surface area (Å²) >= 11 is 0. The SMILES string of the molecule is Cc1cc(C(=O)N2CCC(Oc3cccc4cccnc34)C2)n(C)n1. The fraction of sp³-hybridized carbons (Fsp3) is 0.316. The highest BCUT2D eigenvalue weighted by Gasteiger charge is 2.30. The number of carbonyl (C=O) groups is 1. The molecule has 0 bridgehead atoms. The first-order chi connectivity index (χ1) is 12.1. The Morgan fingerprint density at radius 1 is 1.28 bits per heavy atom. The zero-order valence-electron chi connectivity index (χ0n) is 14.3. The molecule has 0 aliphatic carbocycles. The summed E-state index contributed by atoms with van der Waals surface area (Å²) in [5, 5.41) is 5.31. The van der Waals surface area contributed by atoms with Crippen LogP contribution in [0.25, 0.3) is 10.9 Å². The van der Waals surface area contributed by atoms with Crippen molar-refractivity contribution in [2.45, 2.75) is 19.4 Å². The fourth-order valence-electron chi connectivity index (χ4n) is 3.33. The third-order valence-corrected chi connectivity index (χ3v) is 4.54. The molecule has 1 saturated heterocycles. The van der Waals surface area contributed by atoms with Gasteiger partial charge in [-0.1, -0.05) is 18.2 Å². The van der Waals surface area contributed by atoms with Gasteiger partial charge in [0.05, 0.1) is 12.2 Å². The number of benzene rings is 1. The molecule has 1 fully saturated rings. The van der Waals surface area contributed by atoms with E-state index in [0.29, 0.717) is 18.8 Å². The first-order valence-electron chi connectivity index (χ1n) is 8.42. The number of pyridine rings is 1. The maximum absolute atomic E-state index is 12.7. The van der Waals surface area contributed by atoms with Crippen molar-refractivity contribution >= 4 is 16.8 Å². The molecule has 0 saturated carbocycles. The molecule has 0 spiro atoms. The number of para-hydroxylation sites is 1. The molecule has 1 aliphatic rings. The van der Waals surface area contributed by atoms with Gasteiger partial charge in [0.2, 0.25) is 0 Å². The largest absolute Gasteiger partial charge is 0.486 e. The van der Waals surface area contributed by atoms with E-state index in [2.05, 4.69) is 10.1 Å². The summed E-state index contributed by atoms with van der Waals surface area (Å²) in [5.41, 5.74) is 2.32. The summed E-state index contributed by atoms with van der Waals surface area (Å²) < 4.78 is 7.80. The van der Waals surface area contributed by atoms with Crippen molar-refractivity contribution in [1.82, 2.24) is 19.7 Å². The van der Waals surface area contributed by atoms with E-state index in [1.807, 2.05) is 48.2 Å². The molecular formula is C19H20N4O2. The van der Waals surface area contributed by atoms with Crippen LogP contribution in [0, 0.1) is 6.92 Å². The van der Waals surface area contributed by atoms with E-state index in [9.17, 15) is 4.79 Å². The standard InChI is InChI=1S/C19H20N4O2/c1-13-11-16(22(2)21-13)19(24)23-10-8-15(12-23)25-17-7-3-5-14-6-4-9-20-18(14)17/h3-7,9,11,15H,8,10,12H2,1-2H3. The van der Waals surface area contributed by atoms with E-state index < -0.39 is 0 Å². The quantitative estimate of drug-likeness (QED) is 0.737. The second-order valence-electron chi connectivity index (χ2n) is 6.41. The predicted molar refractivity (Wildman–Crippen MR) is 94.6 cm³/mol. The van der Waals surface area contributed by atoms with E-state index in [1.54, 1.807) is 17.9 Å². The summed E-state index contributed by atoms with van der Waals surface area (Å²) in [6.07, 6.45) is 2.56. The molecule has 6 nitrogen and oxygen atoms in total. The number of hydrogen-bond acceptors (Lipinski definition) is 4. The van der Waals surface area contributed by atoms with Crippen molar-refractivity contribution in [3.8, 4) is 5.75 Å². The van der Waals surface area contributed by atoms with Gasteiger partial charge in [-0.15, -0.1) is 0 Å². The zero-order valence-corrected chi connectivity index (χ0v) is 14.3. The van der Waals surface area contributed by atoms with Gasteiger partial charge in [0.1, 0.15) is 23.1 Å². The third kappa shape index (κ3) is 2.95. The Morgan fingerprint density at radius 3 is 2.92 bits per heavy atom. The van der Waals surface area contributed by atoms with Crippen LogP contribution in [0.4, 0.5) is 0 Å². The van der Waals surface area contributed by atoms with Crippen LogP contribution in [-0.2, 0) is 7.05 Å². The van der Waals surface area contributed by atoms with Crippen molar-refractivity contribution in [3.05, 3.63) is 54.0 Å². The summed E-state index contributed by atoms with van der Waals surface area (Å²) in [6.45, 7) is 3.15. The number of hydrogen-bond donors (Lipinski definition) is 0. The molecule has 3 heterocycles. The van der Waals surface area contributed by atoms with Gasteiger partial charge in [0.15, 0.2) is 0 Å². The summed E-state index contributed by atoms with van der Waals surface area (Å²) in [4.78, 5) is 18.9. The second kappa shape index (κ2) is 6.20. The van der Waals surface area contributed by atoms with Crippen LogP contribution < -0.4 is 4.74 Å². The average molecular weight is 336 g/mol. The normalized spacial score (nSPS) is 17.2. The van der Waals surface area contributed by atoms with Crippen molar-refractivity contribution in [2.24, 2.45) is 7.05 Å². The van der Waals surface area contributed by atoms with Crippen LogP contribution in [0.2, 0.25) is 0 Å². The molecule has 0 radical (unpaired) electrons. The Balaban J connectivity index is 1.49. The molecule has 6 heteroatoms. The van der Waals surface area contributed by atoms with Crippen molar-refractivity contribution in [1.29, 1.82) is 0 Å². The van der Waals surface area contributed by atoms with Crippen molar-refractivity contribution < 1.29 is 9.53 Å². The van der Waals surface area contributed by atoms with E-state index >= 15 is 0 Å². The molecule has 1 amide bonds. The highest BCUT2D eigenvalue weighted by Crippen LogP contribution is 2.26. The molecule has 1 unspecified atom stereocenters. The molecule has 1 aromatic carbocycles. The Bertz CT molecular complexity index is 929. The zero-order chi connectivity index (χ0) is 17.4. The van der Waals surface area contributed by atoms with E-state index in [-0.39, 0.29) is 12.0 Å². The van der Waals surface area contributed by atoms with Gasteiger partial charge in [-0.25, -0.2) is 0 Å². The lowest BCUT2D eigenvalue weighted by molar-refractivity contribution is 0.0762. The number of aromatic nitrogens is 3. The van der Waals surface area contributed by atoms with E-state index in [4.69, 9.17) is 4.74 Å².